The van der Waals surface area contributed by atoms with Crippen molar-refractivity contribution in [1.82, 2.24) is 9.97 Å². The lowest BCUT2D eigenvalue weighted by molar-refractivity contribution is 0.0727. The van der Waals surface area contributed by atoms with Crippen molar-refractivity contribution in [2.45, 2.75) is 24.8 Å². The van der Waals surface area contributed by atoms with Gasteiger partial charge in [0.2, 0.25) is 15.0 Å². The van der Waals surface area contributed by atoms with E-state index >= 15 is 0 Å². The van der Waals surface area contributed by atoms with Crippen molar-refractivity contribution in [3.63, 3.8) is 0 Å². The summed E-state index contributed by atoms with van der Waals surface area (Å²) in [6, 6.07) is 10.2. The van der Waals surface area contributed by atoms with Gasteiger partial charge in [0.25, 0.3) is 0 Å². The highest BCUT2D eigenvalue weighted by Gasteiger charge is 2.24. The summed E-state index contributed by atoms with van der Waals surface area (Å²) in [4.78, 5) is 20.0. The summed E-state index contributed by atoms with van der Waals surface area (Å²) in [6.45, 7) is 3.70. The number of aromatic nitrogens is 2. The normalized spacial score (nSPS) is 11.3. The van der Waals surface area contributed by atoms with Crippen LogP contribution in [0.4, 0.5) is 4.39 Å². The van der Waals surface area contributed by atoms with Crippen molar-refractivity contribution in [1.29, 1.82) is 0 Å². The van der Waals surface area contributed by atoms with Crippen molar-refractivity contribution in [2.24, 2.45) is 0 Å². The second-order valence-electron chi connectivity index (χ2n) is 6.45. The van der Waals surface area contributed by atoms with Crippen LogP contribution in [0, 0.1) is 19.7 Å². The van der Waals surface area contributed by atoms with E-state index in [-0.39, 0.29) is 16.5 Å². The molecule has 0 bridgehead atoms. The summed E-state index contributed by atoms with van der Waals surface area (Å²) in [5.74, 6) is -1.55. The minimum Gasteiger partial charge on any atom is -0.422 e. The van der Waals surface area contributed by atoms with Gasteiger partial charge in [-0.1, -0.05) is 29.8 Å². The van der Waals surface area contributed by atoms with E-state index in [1.54, 1.807) is 12.1 Å². The first-order valence-corrected chi connectivity index (χ1v) is 10.5. The van der Waals surface area contributed by atoms with Crippen molar-refractivity contribution >= 4 is 27.4 Å². The van der Waals surface area contributed by atoms with Gasteiger partial charge in [0, 0.05) is 0 Å². The summed E-state index contributed by atoms with van der Waals surface area (Å²) < 4.78 is 43.5. The Morgan fingerprint density at radius 1 is 1.10 bits per heavy atom. The Kier molecular flexibility index (Phi) is 5.95. The molecule has 0 saturated carbocycles. The molecule has 3 rings (SSSR count). The van der Waals surface area contributed by atoms with Crippen LogP contribution < -0.4 is 4.74 Å². The molecule has 0 unspecified atom stereocenters. The van der Waals surface area contributed by atoms with Gasteiger partial charge in [-0.25, -0.2) is 27.6 Å². The largest absolute Gasteiger partial charge is 0.422 e. The molecule has 150 valence electrons. The second kappa shape index (κ2) is 8.26. The van der Waals surface area contributed by atoms with Gasteiger partial charge in [-0.15, -0.1) is 0 Å². The first-order valence-electron chi connectivity index (χ1n) is 8.44. The molecule has 1 heterocycles. The molecule has 9 heteroatoms. The van der Waals surface area contributed by atoms with E-state index < -0.39 is 32.5 Å². The lowest BCUT2D eigenvalue weighted by Gasteiger charge is -2.09. The molecule has 0 fully saturated rings. The Hall–Kier alpha value is -2.84. The lowest BCUT2D eigenvalue weighted by atomic mass is 10.1. The number of ether oxygens (including phenoxy) is 1. The zero-order valence-corrected chi connectivity index (χ0v) is 17.1. The highest BCUT2D eigenvalue weighted by molar-refractivity contribution is 7.90. The van der Waals surface area contributed by atoms with E-state index in [1.165, 1.54) is 12.1 Å². The van der Waals surface area contributed by atoms with E-state index in [2.05, 4.69) is 9.97 Å². The molecule has 0 saturated heterocycles. The molecule has 0 aliphatic carbocycles. The van der Waals surface area contributed by atoms with Gasteiger partial charge in [-0.2, -0.15) is 0 Å². The summed E-state index contributed by atoms with van der Waals surface area (Å²) in [7, 11) is -4.00. The zero-order chi connectivity index (χ0) is 21.2. The van der Waals surface area contributed by atoms with Crippen LogP contribution >= 0.6 is 11.6 Å². The molecule has 0 amide bonds. The maximum absolute atomic E-state index is 13.0. The van der Waals surface area contributed by atoms with Gasteiger partial charge in [0.15, 0.2) is 5.69 Å². The Balaban J connectivity index is 1.88. The summed E-state index contributed by atoms with van der Waals surface area (Å²) in [5, 5.41) is -0.710. The average Bonchev–Trinajstić information content (AvgIpc) is 2.62. The molecule has 0 atom stereocenters. The van der Waals surface area contributed by atoms with E-state index in [0.717, 1.165) is 29.5 Å². The summed E-state index contributed by atoms with van der Waals surface area (Å²) in [6.07, 6.45) is 1.03. The van der Waals surface area contributed by atoms with Crippen LogP contribution in [0.5, 0.6) is 5.75 Å². The first-order chi connectivity index (χ1) is 13.6. The fraction of sp³-hybridized carbons (Fsp3) is 0.150. The van der Waals surface area contributed by atoms with Gasteiger partial charge in [-0.05, 0) is 54.8 Å². The molecule has 0 aliphatic rings. The Morgan fingerprint density at radius 2 is 1.72 bits per heavy atom. The number of benzene rings is 2. The maximum Gasteiger partial charge on any atom is 0.364 e. The summed E-state index contributed by atoms with van der Waals surface area (Å²) in [5.41, 5.74) is 1.77. The molecular formula is C20H16ClFN2O4S. The number of aryl methyl sites for hydroxylation is 2. The second-order valence-corrected chi connectivity index (χ2v) is 8.74. The van der Waals surface area contributed by atoms with Crippen LogP contribution in [-0.2, 0) is 15.6 Å². The Labute approximate surface area is 172 Å². The molecule has 3 aromatic rings. The van der Waals surface area contributed by atoms with Crippen LogP contribution in [0.3, 0.4) is 0 Å². The molecule has 0 spiro atoms. The van der Waals surface area contributed by atoms with Crippen molar-refractivity contribution in [2.75, 3.05) is 0 Å². The molecule has 0 aliphatic heterocycles. The van der Waals surface area contributed by atoms with Crippen molar-refractivity contribution in [3.8, 4) is 5.75 Å². The quantitative estimate of drug-likeness (QED) is 0.341. The highest BCUT2D eigenvalue weighted by atomic mass is 35.5. The monoisotopic (exact) mass is 434 g/mol. The summed E-state index contributed by atoms with van der Waals surface area (Å²) >= 11 is 5.99. The van der Waals surface area contributed by atoms with Gasteiger partial charge in [-0.3, -0.25) is 0 Å². The number of hydrogen-bond acceptors (Lipinski definition) is 6. The molecule has 0 N–H and O–H groups in total. The van der Waals surface area contributed by atoms with Gasteiger partial charge >= 0.3 is 5.97 Å². The minimum absolute atomic E-state index is 0.139. The predicted molar refractivity (Wildman–Crippen MR) is 105 cm³/mol. The third-order valence-electron chi connectivity index (χ3n) is 3.87. The molecule has 29 heavy (non-hydrogen) atoms. The zero-order valence-electron chi connectivity index (χ0n) is 15.5. The maximum atomic E-state index is 13.0. The van der Waals surface area contributed by atoms with Gasteiger partial charge < -0.3 is 4.74 Å². The van der Waals surface area contributed by atoms with Crippen LogP contribution in [0.15, 0.2) is 53.8 Å². The van der Waals surface area contributed by atoms with Crippen LogP contribution in [-0.4, -0.2) is 24.4 Å². The first kappa shape index (κ1) is 20.9. The fourth-order valence-electron chi connectivity index (χ4n) is 2.66. The van der Waals surface area contributed by atoms with E-state index in [4.69, 9.17) is 16.3 Å². The third kappa shape index (κ3) is 5.16. The number of nitrogens with zero attached hydrogens (tertiary/aromatic N) is 2. The minimum atomic E-state index is -4.00. The Bertz CT molecular complexity index is 1160. The third-order valence-corrected chi connectivity index (χ3v) is 5.61. The number of carbonyl (C=O) groups is 1. The van der Waals surface area contributed by atoms with Crippen LogP contribution in [0.2, 0.25) is 5.02 Å². The fourth-order valence-corrected chi connectivity index (χ4v) is 4.03. The molecule has 2 aromatic carbocycles. The number of esters is 1. The van der Waals surface area contributed by atoms with Crippen molar-refractivity contribution < 1.29 is 22.3 Å². The number of hydrogen-bond donors (Lipinski definition) is 0. The standard InChI is InChI=1S/C20H16ClFN2O4S/c1-12-7-13(2)9-16(8-12)28-19(25)18-17(21)10-23-20(24-18)29(26,27)11-14-3-5-15(22)6-4-14/h3-10H,11H2,1-2H3. The topological polar surface area (TPSA) is 86.2 Å². The van der Waals surface area contributed by atoms with Gasteiger partial charge in [0.05, 0.1) is 17.0 Å². The van der Waals surface area contributed by atoms with E-state index in [9.17, 15) is 17.6 Å². The number of rotatable bonds is 5. The molecule has 0 radical (unpaired) electrons. The Morgan fingerprint density at radius 3 is 2.34 bits per heavy atom. The number of carbonyl (C=O) groups excluding carboxylic acids is 1. The average molecular weight is 435 g/mol. The lowest BCUT2D eigenvalue weighted by Crippen LogP contribution is -2.16. The number of halogens is 2. The SMILES string of the molecule is Cc1cc(C)cc(OC(=O)c2nc(S(=O)(=O)Cc3ccc(F)cc3)ncc2Cl)c1. The molecular weight excluding hydrogens is 419 g/mol. The molecule has 1 aromatic heterocycles. The van der Waals surface area contributed by atoms with E-state index in [0.29, 0.717) is 5.56 Å². The van der Waals surface area contributed by atoms with Crippen LogP contribution in [0.1, 0.15) is 27.2 Å². The van der Waals surface area contributed by atoms with Gasteiger partial charge in [0.1, 0.15) is 11.6 Å². The van der Waals surface area contributed by atoms with Crippen molar-refractivity contribution in [3.05, 3.63) is 81.9 Å². The predicted octanol–water partition coefficient (Wildman–Crippen LogP) is 4.08. The van der Waals surface area contributed by atoms with E-state index in [1.807, 2.05) is 19.9 Å². The molecule has 6 nitrogen and oxygen atoms in total. The number of sulfone groups is 1. The van der Waals surface area contributed by atoms with Crippen LogP contribution in [0.25, 0.3) is 0 Å². The smallest absolute Gasteiger partial charge is 0.364 e. The highest BCUT2D eigenvalue weighted by Crippen LogP contribution is 2.21.